The zero-order chi connectivity index (χ0) is 17.1. The molecule has 1 aliphatic rings. The number of nitrogens with one attached hydrogen (secondary N) is 1. The maximum Gasteiger partial charge on any atom is 0.229 e. The van der Waals surface area contributed by atoms with Crippen LogP contribution in [-0.4, -0.2) is 25.5 Å². The van der Waals surface area contributed by atoms with Crippen LogP contribution >= 0.6 is 0 Å². The number of hydrogen-bond donors (Lipinski definition) is 1. The molecular formula is C19H20N2O3. The van der Waals surface area contributed by atoms with Crippen molar-refractivity contribution in [3.63, 3.8) is 0 Å². The van der Waals surface area contributed by atoms with E-state index in [-0.39, 0.29) is 24.2 Å². The van der Waals surface area contributed by atoms with Crippen LogP contribution in [0.1, 0.15) is 12.0 Å². The molecule has 0 aromatic heterocycles. The van der Waals surface area contributed by atoms with Crippen molar-refractivity contribution in [1.82, 2.24) is 0 Å². The van der Waals surface area contributed by atoms with Crippen LogP contribution < -0.4 is 15.0 Å². The minimum Gasteiger partial charge on any atom is -0.497 e. The Morgan fingerprint density at radius 2 is 2.00 bits per heavy atom. The summed E-state index contributed by atoms with van der Waals surface area (Å²) in [7, 11) is 1.58. The molecule has 2 aromatic carbocycles. The standard InChI is InChI=1S/C19H20N2O3/c1-13-5-3-7-16(9-13)21-12-14(10-18(21)22)19(23)20-15-6-4-8-17(11-15)24-2/h3-9,11,14H,10,12H2,1-2H3,(H,20,23)/t14-/m1/s1. The lowest BCUT2D eigenvalue weighted by Crippen LogP contribution is -2.28. The Balaban J connectivity index is 1.69. The van der Waals surface area contributed by atoms with Gasteiger partial charge in [-0.05, 0) is 36.8 Å². The van der Waals surface area contributed by atoms with Crippen LogP contribution in [-0.2, 0) is 9.59 Å². The second kappa shape index (κ2) is 6.74. The van der Waals surface area contributed by atoms with Gasteiger partial charge in [0.15, 0.2) is 0 Å². The number of benzene rings is 2. The SMILES string of the molecule is COc1cccc(NC(=O)[C@@H]2CC(=O)N(c3cccc(C)c3)C2)c1. The number of carbonyl (C=O) groups is 2. The highest BCUT2D eigenvalue weighted by Gasteiger charge is 2.35. The molecule has 2 aromatic rings. The lowest BCUT2D eigenvalue weighted by atomic mass is 10.1. The molecule has 1 saturated heterocycles. The molecular weight excluding hydrogens is 304 g/mol. The lowest BCUT2D eigenvalue weighted by molar-refractivity contribution is -0.122. The Hall–Kier alpha value is -2.82. The molecule has 0 bridgehead atoms. The molecule has 1 heterocycles. The summed E-state index contributed by atoms with van der Waals surface area (Å²) in [6, 6.07) is 14.9. The Kier molecular flexibility index (Phi) is 4.51. The molecule has 5 heteroatoms. The predicted molar refractivity (Wildman–Crippen MR) is 93.3 cm³/mol. The topological polar surface area (TPSA) is 58.6 Å². The van der Waals surface area contributed by atoms with Crippen LogP contribution in [0, 0.1) is 12.8 Å². The van der Waals surface area contributed by atoms with E-state index in [9.17, 15) is 9.59 Å². The molecule has 0 aliphatic carbocycles. The smallest absolute Gasteiger partial charge is 0.229 e. The van der Waals surface area contributed by atoms with Gasteiger partial charge in [-0.3, -0.25) is 9.59 Å². The average Bonchev–Trinajstić information content (AvgIpc) is 2.97. The predicted octanol–water partition coefficient (Wildman–Crippen LogP) is 3.00. The average molecular weight is 324 g/mol. The summed E-state index contributed by atoms with van der Waals surface area (Å²) in [5, 5.41) is 2.86. The van der Waals surface area contributed by atoms with Crippen molar-refractivity contribution in [2.75, 3.05) is 23.9 Å². The normalized spacial score (nSPS) is 17.0. The van der Waals surface area contributed by atoms with Gasteiger partial charge in [0.2, 0.25) is 11.8 Å². The van der Waals surface area contributed by atoms with Crippen LogP contribution in [0.2, 0.25) is 0 Å². The Bertz CT molecular complexity index is 773. The van der Waals surface area contributed by atoms with Crippen LogP contribution in [0.25, 0.3) is 0 Å². The van der Waals surface area contributed by atoms with Crippen molar-refractivity contribution in [2.24, 2.45) is 5.92 Å². The van der Waals surface area contributed by atoms with Gasteiger partial charge in [0.05, 0.1) is 13.0 Å². The molecule has 1 aliphatic heterocycles. The first-order chi connectivity index (χ1) is 11.6. The number of carbonyl (C=O) groups excluding carboxylic acids is 2. The largest absolute Gasteiger partial charge is 0.497 e. The van der Waals surface area contributed by atoms with Crippen molar-refractivity contribution >= 4 is 23.2 Å². The van der Waals surface area contributed by atoms with E-state index in [0.717, 1.165) is 11.3 Å². The van der Waals surface area contributed by atoms with Gasteiger partial charge in [0.25, 0.3) is 0 Å². The molecule has 124 valence electrons. The van der Waals surface area contributed by atoms with E-state index in [0.29, 0.717) is 18.0 Å². The molecule has 0 unspecified atom stereocenters. The summed E-state index contributed by atoms with van der Waals surface area (Å²) >= 11 is 0. The van der Waals surface area contributed by atoms with E-state index in [1.165, 1.54) is 0 Å². The number of amides is 2. The summed E-state index contributed by atoms with van der Waals surface area (Å²) < 4.78 is 5.15. The summed E-state index contributed by atoms with van der Waals surface area (Å²) in [4.78, 5) is 26.4. The molecule has 0 saturated carbocycles. The molecule has 1 N–H and O–H groups in total. The lowest BCUT2D eigenvalue weighted by Gasteiger charge is -2.17. The Morgan fingerprint density at radius 1 is 1.21 bits per heavy atom. The number of rotatable bonds is 4. The van der Waals surface area contributed by atoms with E-state index in [1.807, 2.05) is 43.3 Å². The Morgan fingerprint density at radius 3 is 2.75 bits per heavy atom. The highest BCUT2D eigenvalue weighted by molar-refractivity contribution is 6.03. The number of nitrogens with zero attached hydrogens (tertiary/aromatic N) is 1. The number of aryl methyl sites for hydroxylation is 1. The minimum absolute atomic E-state index is 0.0219. The van der Waals surface area contributed by atoms with Crippen LogP contribution in [0.5, 0.6) is 5.75 Å². The third-order valence-electron chi connectivity index (χ3n) is 4.15. The van der Waals surface area contributed by atoms with Crippen molar-refractivity contribution in [3.05, 3.63) is 54.1 Å². The second-order valence-electron chi connectivity index (χ2n) is 5.97. The van der Waals surface area contributed by atoms with Gasteiger partial charge in [-0.1, -0.05) is 18.2 Å². The van der Waals surface area contributed by atoms with E-state index in [1.54, 1.807) is 24.1 Å². The molecule has 1 atom stereocenters. The molecule has 1 fully saturated rings. The maximum atomic E-state index is 12.5. The van der Waals surface area contributed by atoms with Crippen molar-refractivity contribution in [2.45, 2.75) is 13.3 Å². The number of methoxy groups -OCH3 is 1. The van der Waals surface area contributed by atoms with E-state index in [4.69, 9.17) is 4.74 Å². The summed E-state index contributed by atoms with van der Waals surface area (Å²) in [6.07, 6.45) is 0.226. The monoisotopic (exact) mass is 324 g/mol. The number of hydrogen-bond acceptors (Lipinski definition) is 3. The van der Waals surface area contributed by atoms with Crippen LogP contribution in [0.4, 0.5) is 11.4 Å². The minimum atomic E-state index is -0.357. The van der Waals surface area contributed by atoms with E-state index in [2.05, 4.69) is 5.32 Å². The fourth-order valence-electron chi connectivity index (χ4n) is 2.87. The Labute approximate surface area is 141 Å². The van der Waals surface area contributed by atoms with Gasteiger partial charge in [0, 0.05) is 30.4 Å². The third kappa shape index (κ3) is 3.40. The van der Waals surface area contributed by atoms with E-state index < -0.39 is 0 Å². The van der Waals surface area contributed by atoms with Gasteiger partial charge in [-0.15, -0.1) is 0 Å². The first-order valence-corrected chi connectivity index (χ1v) is 7.89. The van der Waals surface area contributed by atoms with Crippen molar-refractivity contribution in [3.8, 4) is 5.75 Å². The molecule has 0 radical (unpaired) electrons. The quantitative estimate of drug-likeness (QED) is 0.940. The van der Waals surface area contributed by atoms with Crippen molar-refractivity contribution < 1.29 is 14.3 Å². The first-order valence-electron chi connectivity index (χ1n) is 7.89. The maximum absolute atomic E-state index is 12.5. The molecule has 5 nitrogen and oxygen atoms in total. The van der Waals surface area contributed by atoms with Crippen LogP contribution in [0.15, 0.2) is 48.5 Å². The van der Waals surface area contributed by atoms with E-state index >= 15 is 0 Å². The molecule has 24 heavy (non-hydrogen) atoms. The zero-order valence-electron chi connectivity index (χ0n) is 13.8. The molecule has 3 rings (SSSR count). The number of ether oxygens (including phenoxy) is 1. The van der Waals surface area contributed by atoms with Gasteiger partial charge in [0.1, 0.15) is 5.75 Å². The first kappa shape index (κ1) is 16.1. The summed E-state index contributed by atoms with van der Waals surface area (Å²) in [5.74, 6) is 0.152. The zero-order valence-corrected chi connectivity index (χ0v) is 13.8. The molecule has 0 spiro atoms. The van der Waals surface area contributed by atoms with Gasteiger partial charge >= 0.3 is 0 Å². The van der Waals surface area contributed by atoms with Gasteiger partial charge in [-0.2, -0.15) is 0 Å². The summed E-state index contributed by atoms with van der Waals surface area (Å²) in [5.41, 5.74) is 2.60. The fraction of sp³-hybridized carbons (Fsp3) is 0.263. The number of anilines is 2. The third-order valence-corrected chi connectivity index (χ3v) is 4.15. The summed E-state index contributed by atoms with van der Waals surface area (Å²) in [6.45, 7) is 2.38. The second-order valence-corrected chi connectivity index (χ2v) is 5.97. The highest BCUT2D eigenvalue weighted by atomic mass is 16.5. The molecule has 2 amide bonds. The fourth-order valence-corrected chi connectivity index (χ4v) is 2.87. The van der Waals surface area contributed by atoms with Gasteiger partial charge in [-0.25, -0.2) is 0 Å². The van der Waals surface area contributed by atoms with Crippen LogP contribution in [0.3, 0.4) is 0 Å². The van der Waals surface area contributed by atoms with Crippen molar-refractivity contribution in [1.29, 1.82) is 0 Å². The van der Waals surface area contributed by atoms with Gasteiger partial charge < -0.3 is 15.0 Å². The highest BCUT2D eigenvalue weighted by Crippen LogP contribution is 2.27.